The Balaban J connectivity index is 1.33. The summed E-state index contributed by atoms with van der Waals surface area (Å²) in [5, 5.41) is 22.5. The van der Waals surface area contributed by atoms with Crippen LogP contribution in [0.1, 0.15) is 18.4 Å². The van der Waals surface area contributed by atoms with Crippen LogP contribution in [-0.4, -0.2) is 38.4 Å². The molecule has 3 aromatic rings. The number of thioether (sulfide) groups is 1. The zero-order valence-electron chi connectivity index (χ0n) is 14.2. The van der Waals surface area contributed by atoms with Crippen molar-refractivity contribution >= 4 is 28.7 Å². The first-order valence-corrected chi connectivity index (χ1v) is 9.45. The molecule has 0 unspecified atom stereocenters. The van der Waals surface area contributed by atoms with E-state index < -0.39 is 0 Å². The second-order valence-electron chi connectivity index (χ2n) is 5.93. The third-order valence-electron chi connectivity index (χ3n) is 3.93. The van der Waals surface area contributed by atoms with Gasteiger partial charge in [0.05, 0.1) is 11.0 Å². The van der Waals surface area contributed by atoms with Gasteiger partial charge < -0.3 is 20.5 Å². The molecule has 7 heteroatoms. The Morgan fingerprint density at radius 2 is 2.00 bits per heavy atom. The molecule has 1 aromatic heterocycles. The first-order chi connectivity index (χ1) is 12.6. The average molecular weight is 371 g/mol. The highest BCUT2D eigenvalue weighted by Crippen LogP contribution is 2.25. The van der Waals surface area contributed by atoms with Crippen LogP contribution in [0.15, 0.2) is 47.6 Å². The number of hydrogen-bond acceptors (Lipinski definition) is 5. The molecule has 0 saturated carbocycles. The van der Waals surface area contributed by atoms with Crippen molar-refractivity contribution in [1.82, 2.24) is 15.3 Å². The van der Waals surface area contributed by atoms with Crippen molar-refractivity contribution in [2.75, 3.05) is 12.3 Å². The summed E-state index contributed by atoms with van der Waals surface area (Å²) < 4.78 is 0. The summed E-state index contributed by atoms with van der Waals surface area (Å²) in [6.45, 7) is 0.500. The van der Waals surface area contributed by atoms with E-state index in [2.05, 4.69) is 15.3 Å². The Kier molecular flexibility index (Phi) is 6.01. The quantitative estimate of drug-likeness (QED) is 0.277. The first-order valence-electron chi connectivity index (χ1n) is 8.47. The van der Waals surface area contributed by atoms with Crippen LogP contribution in [0, 0.1) is 0 Å². The molecule has 0 aliphatic carbocycles. The molecule has 0 radical (unpaired) electrons. The fraction of sp³-hybridized carbons (Fsp3) is 0.263. The Bertz CT molecular complexity index is 862. The number of H-pyrrole nitrogens is 1. The number of hydrogen-bond donors (Lipinski definition) is 4. The van der Waals surface area contributed by atoms with Crippen molar-refractivity contribution in [2.45, 2.75) is 24.4 Å². The molecule has 136 valence electrons. The number of fused-ring (bicyclic) bond motifs is 1. The Hall–Kier alpha value is -2.67. The zero-order valence-corrected chi connectivity index (χ0v) is 15.1. The summed E-state index contributed by atoms with van der Waals surface area (Å²) in [5.41, 5.74) is 2.84. The highest BCUT2D eigenvalue weighted by molar-refractivity contribution is 7.99. The number of phenols is 2. The molecule has 0 bridgehead atoms. The van der Waals surface area contributed by atoms with Crippen molar-refractivity contribution in [3.8, 4) is 11.5 Å². The number of nitrogens with zero attached hydrogens (tertiary/aromatic N) is 1. The number of phenolic OH excluding ortho intramolecular Hbond substituents is 2. The minimum atomic E-state index is -0.142. The average Bonchev–Trinajstić information content (AvgIpc) is 3.04. The summed E-state index contributed by atoms with van der Waals surface area (Å²) in [6, 6.07) is 12.6. The fourth-order valence-electron chi connectivity index (χ4n) is 2.56. The molecule has 1 amide bonds. The van der Waals surface area contributed by atoms with Crippen LogP contribution in [0.5, 0.6) is 11.5 Å². The Labute approximate surface area is 155 Å². The lowest BCUT2D eigenvalue weighted by Gasteiger charge is -2.06. The predicted molar refractivity (Wildman–Crippen MR) is 103 cm³/mol. The van der Waals surface area contributed by atoms with Gasteiger partial charge in [0, 0.05) is 18.7 Å². The predicted octanol–water partition coefficient (Wildman–Crippen LogP) is 3.21. The van der Waals surface area contributed by atoms with E-state index in [0.717, 1.165) is 33.9 Å². The number of imidazole rings is 1. The van der Waals surface area contributed by atoms with Gasteiger partial charge in [-0.05, 0) is 42.7 Å². The van der Waals surface area contributed by atoms with Gasteiger partial charge in [0.1, 0.15) is 0 Å². The number of carbonyl (C=O) groups is 1. The van der Waals surface area contributed by atoms with Crippen molar-refractivity contribution < 1.29 is 15.0 Å². The lowest BCUT2D eigenvalue weighted by molar-refractivity contribution is -0.121. The maximum atomic E-state index is 11.9. The van der Waals surface area contributed by atoms with Gasteiger partial charge in [0.2, 0.25) is 5.91 Å². The number of para-hydroxylation sites is 2. The van der Waals surface area contributed by atoms with Gasteiger partial charge in [-0.3, -0.25) is 4.79 Å². The molecule has 2 aromatic carbocycles. The zero-order chi connectivity index (χ0) is 18.4. The van der Waals surface area contributed by atoms with E-state index in [1.165, 1.54) is 12.1 Å². The topological polar surface area (TPSA) is 98.2 Å². The van der Waals surface area contributed by atoms with Gasteiger partial charge in [-0.15, -0.1) is 0 Å². The number of aromatic hydroxyl groups is 2. The van der Waals surface area contributed by atoms with Gasteiger partial charge in [-0.25, -0.2) is 4.98 Å². The largest absolute Gasteiger partial charge is 0.504 e. The van der Waals surface area contributed by atoms with Gasteiger partial charge >= 0.3 is 0 Å². The smallest absolute Gasteiger partial charge is 0.220 e. The SMILES string of the molecule is O=C(CCCSc1nc2ccccc2[nH]1)NCCc1ccc(O)c(O)c1. The molecule has 6 nitrogen and oxygen atoms in total. The van der Waals surface area contributed by atoms with Crippen LogP contribution in [-0.2, 0) is 11.2 Å². The molecule has 0 spiro atoms. The molecular weight excluding hydrogens is 350 g/mol. The van der Waals surface area contributed by atoms with Crippen molar-refractivity contribution in [1.29, 1.82) is 0 Å². The molecule has 0 saturated heterocycles. The minimum absolute atomic E-state index is 0.0122. The minimum Gasteiger partial charge on any atom is -0.504 e. The number of aromatic nitrogens is 2. The van der Waals surface area contributed by atoms with E-state index >= 15 is 0 Å². The van der Waals surface area contributed by atoms with Crippen LogP contribution in [0.25, 0.3) is 11.0 Å². The highest BCUT2D eigenvalue weighted by Gasteiger charge is 2.05. The molecule has 4 N–H and O–H groups in total. The van der Waals surface area contributed by atoms with Crippen LogP contribution in [0.2, 0.25) is 0 Å². The lowest BCUT2D eigenvalue weighted by Crippen LogP contribution is -2.25. The molecule has 0 aliphatic rings. The molecule has 0 aliphatic heterocycles. The maximum absolute atomic E-state index is 11.9. The summed E-state index contributed by atoms with van der Waals surface area (Å²) >= 11 is 1.61. The molecule has 1 heterocycles. The summed E-state index contributed by atoms with van der Waals surface area (Å²) in [7, 11) is 0. The van der Waals surface area contributed by atoms with E-state index in [-0.39, 0.29) is 17.4 Å². The van der Waals surface area contributed by atoms with E-state index in [1.807, 2.05) is 24.3 Å². The molecule has 0 atom stereocenters. The normalized spacial score (nSPS) is 10.9. The van der Waals surface area contributed by atoms with Gasteiger partial charge in [0.15, 0.2) is 16.7 Å². The van der Waals surface area contributed by atoms with Crippen LogP contribution >= 0.6 is 11.8 Å². The number of nitrogens with one attached hydrogen (secondary N) is 2. The summed E-state index contributed by atoms with van der Waals surface area (Å²) in [5.74, 6) is 0.549. The molecule has 3 rings (SSSR count). The van der Waals surface area contributed by atoms with Crippen molar-refractivity contribution in [3.63, 3.8) is 0 Å². The monoisotopic (exact) mass is 371 g/mol. The number of carbonyl (C=O) groups excluding carboxylic acids is 1. The van der Waals surface area contributed by atoms with E-state index in [4.69, 9.17) is 0 Å². The third-order valence-corrected chi connectivity index (χ3v) is 4.89. The number of amides is 1. The standard InChI is InChI=1S/C19H21N3O3S/c23-16-8-7-13(12-17(16)24)9-10-20-18(25)6-3-11-26-19-21-14-4-1-2-5-15(14)22-19/h1-2,4-5,7-8,12,23-24H,3,6,9-11H2,(H,20,25)(H,21,22). The number of rotatable bonds is 8. The van der Waals surface area contributed by atoms with Crippen LogP contribution in [0.3, 0.4) is 0 Å². The van der Waals surface area contributed by atoms with Crippen molar-refractivity contribution in [3.05, 3.63) is 48.0 Å². The second-order valence-corrected chi connectivity index (χ2v) is 7.02. The van der Waals surface area contributed by atoms with Gasteiger partial charge in [-0.1, -0.05) is 30.0 Å². The molecular formula is C19H21N3O3S. The van der Waals surface area contributed by atoms with Crippen molar-refractivity contribution in [2.24, 2.45) is 0 Å². The maximum Gasteiger partial charge on any atom is 0.220 e. The lowest BCUT2D eigenvalue weighted by atomic mass is 10.1. The summed E-state index contributed by atoms with van der Waals surface area (Å²) in [4.78, 5) is 19.6. The highest BCUT2D eigenvalue weighted by atomic mass is 32.2. The fourth-order valence-corrected chi connectivity index (χ4v) is 3.39. The number of aromatic amines is 1. The van der Waals surface area contributed by atoms with Gasteiger partial charge in [0.25, 0.3) is 0 Å². The Morgan fingerprint density at radius 1 is 1.15 bits per heavy atom. The second kappa shape index (κ2) is 8.62. The Morgan fingerprint density at radius 3 is 2.81 bits per heavy atom. The number of benzene rings is 2. The summed E-state index contributed by atoms with van der Waals surface area (Å²) in [6.07, 6.45) is 1.84. The molecule has 26 heavy (non-hydrogen) atoms. The third kappa shape index (κ3) is 4.92. The van der Waals surface area contributed by atoms with E-state index in [1.54, 1.807) is 17.8 Å². The van der Waals surface area contributed by atoms with E-state index in [9.17, 15) is 15.0 Å². The van der Waals surface area contributed by atoms with Crippen LogP contribution < -0.4 is 5.32 Å². The molecule has 0 fully saturated rings. The van der Waals surface area contributed by atoms with E-state index in [0.29, 0.717) is 19.4 Å². The van der Waals surface area contributed by atoms with Crippen LogP contribution in [0.4, 0.5) is 0 Å². The first kappa shape index (κ1) is 18.1. The van der Waals surface area contributed by atoms with Gasteiger partial charge in [-0.2, -0.15) is 0 Å².